The van der Waals surface area contributed by atoms with Crippen molar-refractivity contribution in [2.24, 2.45) is 5.92 Å². The second-order valence-electron chi connectivity index (χ2n) is 7.84. The first-order valence-corrected chi connectivity index (χ1v) is 10.4. The Morgan fingerprint density at radius 2 is 1.90 bits per heavy atom. The van der Waals surface area contributed by atoms with Gasteiger partial charge in [0, 0.05) is 30.4 Å². The fraction of sp³-hybridized carbons (Fsp3) is 0.391. The van der Waals surface area contributed by atoms with Crippen molar-refractivity contribution in [3.05, 3.63) is 54.1 Å². The van der Waals surface area contributed by atoms with Crippen molar-refractivity contribution < 1.29 is 19.4 Å². The maximum atomic E-state index is 13.3. The number of aliphatic hydroxyl groups is 1. The highest BCUT2D eigenvalue weighted by atomic mass is 16.5. The van der Waals surface area contributed by atoms with Crippen molar-refractivity contribution in [2.75, 3.05) is 37.4 Å². The summed E-state index contributed by atoms with van der Waals surface area (Å²) < 4.78 is 6.18. The fourth-order valence-corrected chi connectivity index (χ4v) is 3.56. The number of rotatable bonds is 6. The number of nitrogens with zero attached hydrogens (tertiary/aromatic N) is 1. The van der Waals surface area contributed by atoms with E-state index in [0.29, 0.717) is 35.8 Å². The van der Waals surface area contributed by atoms with Crippen LogP contribution in [0.1, 0.15) is 24.2 Å². The van der Waals surface area contributed by atoms with E-state index in [1.807, 2.05) is 39.1 Å². The molecule has 0 saturated carbocycles. The zero-order valence-electron chi connectivity index (χ0n) is 18.1. The minimum absolute atomic E-state index is 0.0630. The number of ether oxygens (including phenoxy) is 1. The second kappa shape index (κ2) is 10.3. The van der Waals surface area contributed by atoms with Crippen LogP contribution < -0.4 is 20.7 Å². The van der Waals surface area contributed by atoms with E-state index in [0.717, 1.165) is 0 Å². The first kappa shape index (κ1) is 22.6. The number of fused-ring (bicyclic) bond motifs is 1. The molecule has 0 bridgehead atoms. The molecule has 0 aliphatic carbocycles. The highest BCUT2D eigenvalue weighted by Crippen LogP contribution is 2.30. The Morgan fingerprint density at radius 1 is 1.19 bits per heavy atom. The SMILES string of the molecule is CNC[C@H]1Oc2ccc(NC(=O)Nc3ccccc3)cc2C(=O)N([C@@H](C)CO)C[C@H]1C. The highest BCUT2D eigenvalue weighted by Gasteiger charge is 2.32. The molecular weight excluding hydrogens is 396 g/mol. The van der Waals surface area contributed by atoms with E-state index in [9.17, 15) is 14.7 Å². The Kier molecular flexibility index (Phi) is 7.49. The number of amides is 3. The van der Waals surface area contributed by atoms with E-state index in [1.165, 1.54) is 0 Å². The minimum atomic E-state index is -0.410. The van der Waals surface area contributed by atoms with Crippen LogP contribution in [0.15, 0.2) is 48.5 Å². The maximum absolute atomic E-state index is 13.3. The van der Waals surface area contributed by atoms with Gasteiger partial charge in [0.15, 0.2) is 0 Å². The van der Waals surface area contributed by atoms with Crippen molar-refractivity contribution in [3.8, 4) is 5.75 Å². The third-order valence-corrected chi connectivity index (χ3v) is 5.36. The first-order chi connectivity index (χ1) is 14.9. The lowest BCUT2D eigenvalue weighted by Crippen LogP contribution is -2.49. The monoisotopic (exact) mass is 426 g/mol. The molecule has 2 aromatic carbocycles. The number of urea groups is 1. The molecule has 0 spiro atoms. The van der Waals surface area contributed by atoms with Gasteiger partial charge in [-0.2, -0.15) is 0 Å². The highest BCUT2D eigenvalue weighted by molar-refractivity contribution is 6.02. The number of hydrogen-bond acceptors (Lipinski definition) is 5. The summed E-state index contributed by atoms with van der Waals surface area (Å²) in [6.45, 7) is 4.79. The molecule has 2 aromatic rings. The topological polar surface area (TPSA) is 103 Å². The Morgan fingerprint density at radius 3 is 2.58 bits per heavy atom. The standard InChI is InChI=1S/C23H30N4O4/c1-15-13-27(16(2)14-28)22(29)19-11-18(9-10-20(19)31-21(15)12-24-3)26-23(30)25-17-7-5-4-6-8-17/h4-11,15-16,21,24,28H,12-14H2,1-3H3,(H2,25,26,30)/t15-,16+,21-/m1/s1. The van der Waals surface area contributed by atoms with Gasteiger partial charge in [0.25, 0.3) is 5.91 Å². The third-order valence-electron chi connectivity index (χ3n) is 5.36. The van der Waals surface area contributed by atoms with Crippen molar-refractivity contribution in [1.82, 2.24) is 10.2 Å². The van der Waals surface area contributed by atoms with Crippen molar-refractivity contribution in [1.29, 1.82) is 0 Å². The van der Waals surface area contributed by atoms with Gasteiger partial charge in [-0.3, -0.25) is 4.79 Å². The average Bonchev–Trinajstić information content (AvgIpc) is 2.76. The van der Waals surface area contributed by atoms with Crippen LogP contribution >= 0.6 is 0 Å². The largest absolute Gasteiger partial charge is 0.488 e. The van der Waals surface area contributed by atoms with E-state index in [4.69, 9.17) is 4.74 Å². The number of anilines is 2. The summed E-state index contributed by atoms with van der Waals surface area (Å²) >= 11 is 0. The molecule has 0 aromatic heterocycles. The molecule has 3 amide bonds. The molecule has 1 heterocycles. The zero-order chi connectivity index (χ0) is 22.4. The number of para-hydroxylation sites is 1. The summed E-state index contributed by atoms with van der Waals surface area (Å²) in [5, 5.41) is 18.3. The Labute approximate surface area is 182 Å². The summed E-state index contributed by atoms with van der Waals surface area (Å²) in [7, 11) is 1.85. The van der Waals surface area contributed by atoms with E-state index in [-0.39, 0.29) is 30.6 Å². The lowest BCUT2D eigenvalue weighted by atomic mass is 9.99. The number of benzene rings is 2. The van der Waals surface area contributed by atoms with Gasteiger partial charge >= 0.3 is 6.03 Å². The van der Waals surface area contributed by atoms with Crippen LogP contribution in [0.3, 0.4) is 0 Å². The van der Waals surface area contributed by atoms with Crippen LogP contribution in [0.25, 0.3) is 0 Å². The number of hydrogen-bond donors (Lipinski definition) is 4. The summed E-state index contributed by atoms with van der Waals surface area (Å²) in [5.74, 6) is 0.285. The van der Waals surface area contributed by atoms with Gasteiger partial charge in [-0.25, -0.2) is 4.79 Å². The number of aliphatic hydroxyl groups excluding tert-OH is 1. The predicted octanol–water partition coefficient (Wildman–Crippen LogP) is 2.77. The molecule has 4 N–H and O–H groups in total. The lowest BCUT2D eigenvalue weighted by molar-refractivity contribution is 0.0416. The van der Waals surface area contributed by atoms with Gasteiger partial charge in [-0.15, -0.1) is 0 Å². The van der Waals surface area contributed by atoms with Gasteiger partial charge in [0.1, 0.15) is 11.9 Å². The minimum Gasteiger partial charge on any atom is -0.488 e. The molecule has 0 fully saturated rings. The van der Waals surface area contributed by atoms with Crippen LogP contribution in [0.5, 0.6) is 5.75 Å². The van der Waals surface area contributed by atoms with Gasteiger partial charge in [0.2, 0.25) is 0 Å². The molecule has 8 heteroatoms. The zero-order valence-corrected chi connectivity index (χ0v) is 18.1. The molecule has 0 radical (unpaired) electrons. The molecule has 166 valence electrons. The van der Waals surface area contributed by atoms with Crippen molar-refractivity contribution in [2.45, 2.75) is 26.0 Å². The molecule has 8 nitrogen and oxygen atoms in total. The van der Waals surface area contributed by atoms with E-state index >= 15 is 0 Å². The number of carbonyl (C=O) groups excluding carboxylic acids is 2. The smallest absolute Gasteiger partial charge is 0.323 e. The van der Waals surface area contributed by atoms with E-state index < -0.39 is 6.03 Å². The van der Waals surface area contributed by atoms with Crippen LogP contribution in [-0.2, 0) is 0 Å². The molecule has 3 rings (SSSR count). The van der Waals surface area contributed by atoms with Crippen LogP contribution in [0.2, 0.25) is 0 Å². The van der Waals surface area contributed by atoms with Crippen molar-refractivity contribution >= 4 is 23.3 Å². The summed E-state index contributed by atoms with van der Waals surface area (Å²) in [6, 6.07) is 13.4. The Hall–Kier alpha value is -3.10. The van der Waals surface area contributed by atoms with Crippen LogP contribution in [0, 0.1) is 5.92 Å². The quantitative estimate of drug-likeness (QED) is 0.569. The number of nitrogens with one attached hydrogen (secondary N) is 3. The molecular formula is C23H30N4O4. The normalized spacial score (nSPS) is 19.5. The van der Waals surface area contributed by atoms with Gasteiger partial charge in [-0.05, 0) is 44.3 Å². The number of likely N-dealkylation sites (N-methyl/N-ethyl adjacent to an activating group) is 1. The summed E-state index contributed by atoms with van der Waals surface area (Å²) in [6.07, 6.45) is -0.148. The summed E-state index contributed by atoms with van der Waals surface area (Å²) in [5.41, 5.74) is 1.49. The molecule has 0 saturated heterocycles. The van der Waals surface area contributed by atoms with Gasteiger partial charge < -0.3 is 30.7 Å². The van der Waals surface area contributed by atoms with Gasteiger partial charge in [0.05, 0.1) is 18.2 Å². The third kappa shape index (κ3) is 5.53. The molecule has 3 atom stereocenters. The van der Waals surface area contributed by atoms with Crippen molar-refractivity contribution in [3.63, 3.8) is 0 Å². The first-order valence-electron chi connectivity index (χ1n) is 10.4. The van der Waals surface area contributed by atoms with E-state index in [1.54, 1.807) is 35.2 Å². The predicted molar refractivity (Wildman–Crippen MR) is 121 cm³/mol. The molecule has 0 unspecified atom stereocenters. The maximum Gasteiger partial charge on any atom is 0.323 e. The molecule has 1 aliphatic rings. The molecule has 31 heavy (non-hydrogen) atoms. The Balaban J connectivity index is 1.87. The average molecular weight is 427 g/mol. The van der Waals surface area contributed by atoms with Crippen LogP contribution in [-0.4, -0.2) is 60.8 Å². The molecule has 1 aliphatic heterocycles. The summed E-state index contributed by atoms with van der Waals surface area (Å²) in [4.78, 5) is 27.4. The second-order valence-corrected chi connectivity index (χ2v) is 7.84. The lowest BCUT2D eigenvalue weighted by Gasteiger charge is -2.37. The Bertz CT molecular complexity index is 906. The van der Waals surface area contributed by atoms with Gasteiger partial charge in [-0.1, -0.05) is 25.1 Å². The van der Waals surface area contributed by atoms with E-state index in [2.05, 4.69) is 16.0 Å². The van der Waals surface area contributed by atoms with Crippen LogP contribution in [0.4, 0.5) is 16.2 Å². The fourth-order valence-electron chi connectivity index (χ4n) is 3.56. The number of carbonyl (C=O) groups is 2.